The summed E-state index contributed by atoms with van der Waals surface area (Å²) in [5.74, 6) is 6.76. The van der Waals surface area contributed by atoms with Crippen molar-refractivity contribution in [3.8, 4) is 0 Å². The van der Waals surface area contributed by atoms with Crippen molar-refractivity contribution < 1.29 is 4.74 Å². The third kappa shape index (κ3) is 3.54. The van der Waals surface area contributed by atoms with E-state index in [0.29, 0.717) is 6.10 Å². The average molecular weight is 252 g/mol. The van der Waals surface area contributed by atoms with Crippen LogP contribution in [0.1, 0.15) is 38.4 Å². The minimum atomic E-state index is 0.242. The Morgan fingerprint density at radius 2 is 2.56 bits per heavy atom. The molecule has 0 amide bonds. The lowest BCUT2D eigenvalue weighted by atomic mass is 10.0. The number of ether oxygens (including phenoxy) is 1. The van der Waals surface area contributed by atoms with Crippen LogP contribution < -0.4 is 11.3 Å². The first-order valence-corrected chi connectivity index (χ1v) is 6.91. The van der Waals surface area contributed by atoms with Crippen molar-refractivity contribution in [2.45, 2.75) is 57.7 Å². The van der Waals surface area contributed by atoms with Gasteiger partial charge in [-0.1, -0.05) is 6.92 Å². The number of imidazole rings is 1. The quantitative estimate of drug-likeness (QED) is 0.566. The Morgan fingerprint density at radius 3 is 3.22 bits per heavy atom. The molecule has 0 radical (unpaired) electrons. The second kappa shape index (κ2) is 6.87. The number of hydrogen-bond donors (Lipinski definition) is 2. The van der Waals surface area contributed by atoms with Crippen LogP contribution in [-0.4, -0.2) is 28.3 Å². The molecule has 2 heterocycles. The lowest BCUT2D eigenvalue weighted by Crippen LogP contribution is -2.39. The number of hydrazine groups is 1. The van der Waals surface area contributed by atoms with Gasteiger partial charge in [-0.05, 0) is 25.7 Å². The van der Waals surface area contributed by atoms with Gasteiger partial charge in [-0.15, -0.1) is 0 Å². The van der Waals surface area contributed by atoms with E-state index in [1.54, 1.807) is 0 Å². The summed E-state index contributed by atoms with van der Waals surface area (Å²) in [4.78, 5) is 4.42. The van der Waals surface area contributed by atoms with Gasteiger partial charge in [0.15, 0.2) is 0 Å². The molecule has 0 aromatic carbocycles. The summed E-state index contributed by atoms with van der Waals surface area (Å²) in [6, 6.07) is 0.242. The van der Waals surface area contributed by atoms with Crippen molar-refractivity contribution in [1.82, 2.24) is 15.0 Å². The molecular weight excluding hydrogens is 228 g/mol. The van der Waals surface area contributed by atoms with Crippen molar-refractivity contribution in [2.75, 3.05) is 6.61 Å². The highest BCUT2D eigenvalue weighted by Crippen LogP contribution is 2.18. The topological polar surface area (TPSA) is 65.1 Å². The first-order valence-electron chi connectivity index (χ1n) is 6.91. The summed E-state index contributed by atoms with van der Waals surface area (Å²) in [6.45, 7) is 4.09. The van der Waals surface area contributed by atoms with Crippen LogP contribution in [0.5, 0.6) is 0 Å². The molecule has 18 heavy (non-hydrogen) atoms. The van der Waals surface area contributed by atoms with E-state index in [1.165, 1.54) is 6.42 Å². The Balaban J connectivity index is 1.89. The van der Waals surface area contributed by atoms with E-state index in [1.807, 2.05) is 12.4 Å². The smallest absolute Gasteiger partial charge is 0.110 e. The molecule has 5 nitrogen and oxygen atoms in total. The fraction of sp³-hybridized carbons (Fsp3) is 0.769. The predicted octanol–water partition coefficient (Wildman–Crippen LogP) is 1.24. The van der Waals surface area contributed by atoms with E-state index in [9.17, 15) is 0 Å². The van der Waals surface area contributed by atoms with Crippen LogP contribution in [0.15, 0.2) is 12.4 Å². The van der Waals surface area contributed by atoms with E-state index in [-0.39, 0.29) is 6.04 Å². The predicted molar refractivity (Wildman–Crippen MR) is 70.9 cm³/mol. The molecule has 1 aromatic rings. The van der Waals surface area contributed by atoms with Crippen molar-refractivity contribution in [3.05, 3.63) is 18.2 Å². The molecule has 1 aromatic heterocycles. The molecule has 1 saturated heterocycles. The largest absolute Gasteiger partial charge is 0.378 e. The van der Waals surface area contributed by atoms with Crippen LogP contribution in [0.2, 0.25) is 0 Å². The molecule has 2 unspecified atom stereocenters. The van der Waals surface area contributed by atoms with Crippen molar-refractivity contribution in [1.29, 1.82) is 0 Å². The third-order valence-electron chi connectivity index (χ3n) is 3.50. The molecule has 1 fully saturated rings. The zero-order chi connectivity index (χ0) is 12.8. The van der Waals surface area contributed by atoms with Crippen LogP contribution in [-0.2, 0) is 17.7 Å². The number of rotatable bonds is 7. The molecule has 0 aliphatic carbocycles. The second-order valence-electron chi connectivity index (χ2n) is 4.98. The summed E-state index contributed by atoms with van der Waals surface area (Å²) in [6.07, 6.45) is 9.55. The van der Waals surface area contributed by atoms with Crippen LogP contribution >= 0.6 is 0 Å². The highest BCUT2D eigenvalue weighted by atomic mass is 16.5. The Hall–Kier alpha value is -0.910. The normalized spacial score (nSPS) is 21.3. The number of nitrogens with zero attached hydrogens (tertiary/aromatic N) is 2. The number of aromatic nitrogens is 2. The van der Waals surface area contributed by atoms with Crippen LogP contribution in [0, 0.1) is 0 Å². The van der Waals surface area contributed by atoms with Crippen LogP contribution in [0.25, 0.3) is 0 Å². The van der Waals surface area contributed by atoms with Gasteiger partial charge in [0.2, 0.25) is 0 Å². The monoisotopic (exact) mass is 252 g/mol. The molecule has 1 aliphatic heterocycles. The van der Waals surface area contributed by atoms with Crippen molar-refractivity contribution in [3.63, 3.8) is 0 Å². The Bertz CT molecular complexity index is 347. The maximum Gasteiger partial charge on any atom is 0.110 e. The molecule has 0 spiro atoms. The maximum atomic E-state index is 5.66. The average Bonchev–Trinajstić information content (AvgIpc) is 3.01. The molecule has 5 heteroatoms. The number of nitrogens with two attached hydrogens (primary N) is 1. The van der Waals surface area contributed by atoms with Gasteiger partial charge >= 0.3 is 0 Å². The third-order valence-corrected chi connectivity index (χ3v) is 3.50. The maximum absolute atomic E-state index is 5.66. The number of nitrogens with one attached hydrogen (secondary N) is 1. The lowest BCUT2D eigenvalue weighted by Gasteiger charge is -2.19. The summed E-state index contributed by atoms with van der Waals surface area (Å²) in [7, 11) is 0. The van der Waals surface area contributed by atoms with E-state index >= 15 is 0 Å². The van der Waals surface area contributed by atoms with Gasteiger partial charge in [0, 0.05) is 38.0 Å². The lowest BCUT2D eigenvalue weighted by molar-refractivity contribution is 0.0943. The van der Waals surface area contributed by atoms with Crippen molar-refractivity contribution in [2.24, 2.45) is 5.84 Å². The molecule has 2 rings (SSSR count). The Morgan fingerprint density at radius 1 is 1.67 bits per heavy atom. The molecule has 2 atom stereocenters. The summed E-state index contributed by atoms with van der Waals surface area (Å²) >= 11 is 0. The highest BCUT2D eigenvalue weighted by molar-refractivity contribution is 4.96. The second-order valence-corrected chi connectivity index (χ2v) is 4.98. The fourth-order valence-corrected chi connectivity index (χ4v) is 2.55. The molecule has 0 saturated carbocycles. The van der Waals surface area contributed by atoms with Gasteiger partial charge < -0.3 is 9.30 Å². The zero-order valence-corrected chi connectivity index (χ0v) is 11.1. The van der Waals surface area contributed by atoms with E-state index in [0.717, 1.165) is 44.7 Å². The zero-order valence-electron chi connectivity index (χ0n) is 11.1. The standard InChI is InChI=1S/C13H24N4O/c1-2-6-17-7-5-15-13(17)10-11(16-14)9-12-4-3-8-18-12/h5,7,11-12,16H,2-4,6,8-10,14H2,1H3. The van der Waals surface area contributed by atoms with E-state index in [2.05, 4.69) is 21.9 Å². The molecule has 1 aliphatic rings. The minimum absolute atomic E-state index is 0.242. The highest BCUT2D eigenvalue weighted by Gasteiger charge is 2.21. The van der Waals surface area contributed by atoms with Crippen LogP contribution in [0.3, 0.4) is 0 Å². The summed E-state index contributed by atoms with van der Waals surface area (Å²) in [5, 5.41) is 0. The molecule has 102 valence electrons. The molecule has 0 bridgehead atoms. The van der Waals surface area contributed by atoms with E-state index < -0.39 is 0 Å². The van der Waals surface area contributed by atoms with Gasteiger partial charge in [-0.3, -0.25) is 11.3 Å². The van der Waals surface area contributed by atoms with Crippen molar-refractivity contribution >= 4 is 0 Å². The molecular formula is C13H24N4O. The number of hydrogen-bond acceptors (Lipinski definition) is 4. The van der Waals surface area contributed by atoms with Gasteiger partial charge in [-0.25, -0.2) is 4.98 Å². The fourth-order valence-electron chi connectivity index (χ4n) is 2.55. The van der Waals surface area contributed by atoms with Gasteiger partial charge in [0.25, 0.3) is 0 Å². The van der Waals surface area contributed by atoms with E-state index in [4.69, 9.17) is 10.6 Å². The first-order chi connectivity index (χ1) is 8.83. The van der Waals surface area contributed by atoms with Gasteiger partial charge in [-0.2, -0.15) is 0 Å². The Labute approximate surface area is 109 Å². The first kappa shape index (κ1) is 13.5. The molecule has 3 N–H and O–H groups in total. The minimum Gasteiger partial charge on any atom is -0.378 e. The SMILES string of the molecule is CCCn1ccnc1CC(CC1CCCO1)NN. The number of aryl methyl sites for hydroxylation is 1. The summed E-state index contributed by atoms with van der Waals surface area (Å²) in [5.41, 5.74) is 2.90. The van der Waals surface area contributed by atoms with Gasteiger partial charge in [0.05, 0.1) is 6.10 Å². The van der Waals surface area contributed by atoms with Crippen LogP contribution in [0.4, 0.5) is 0 Å². The Kier molecular flexibility index (Phi) is 5.16. The van der Waals surface area contributed by atoms with Gasteiger partial charge in [0.1, 0.15) is 5.82 Å². The summed E-state index contributed by atoms with van der Waals surface area (Å²) < 4.78 is 7.87.